The molecule has 0 unspecified atom stereocenters. The van der Waals surface area contributed by atoms with Crippen LogP contribution in [0.1, 0.15) is 0 Å². The van der Waals surface area contributed by atoms with Gasteiger partial charge in [0.05, 0.1) is 22.8 Å². The molecule has 0 saturated heterocycles. The maximum absolute atomic E-state index is 12.0. The van der Waals surface area contributed by atoms with Crippen LogP contribution in [0.4, 0.5) is 23.0 Å². The Morgan fingerprint density at radius 2 is 1.97 bits per heavy atom. The number of benzene rings is 2. The van der Waals surface area contributed by atoms with Crippen molar-refractivity contribution in [3.63, 3.8) is 0 Å². The molecule has 0 fully saturated rings. The second kappa shape index (κ2) is 10.3. The van der Waals surface area contributed by atoms with E-state index in [0.717, 1.165) is 28.7 Å². The van der Waals surface area contributed by atoms with Crippen molar-refractivity contribution >= 4 is 39.8 Å². The summed E-state index contributed by atoms with van der Waals surface area (Å²) in [6.45, 7) is 4.93. The van der Waals surface area contributed by atoms with Gasteiger partial charge in [0.1, 0.15) is 5.75 Å². The van der Waals surface area contributed by atoms with Gasteiger partial charge in [0.25, 0.3) is 0 Å². The molecule has 0 aliphatic carbocycles. The Morgan fingerprint density at radius 1 is 1.17 bits per heavy atom. The van der Waals surface area contributed by atoms with E-state index in [9.17, 15) is 9.90 Å². The van der Waals surface area contributed by atoms with Gasteiger partial charge in [-0.2, -0.15) is 0 Å². The number of carbonyl (C=O) groups is 1. The number of nitrogens with zero attached hydrogens (tertiary/aromatic N) is 4. The number of para-hydroxylation sites is 1. The van der Waals surface area contributed by atoms with Crippen LogP contribution >= 0.6 is 0 Å². The second-order valence-corrected chi connectivity index (χ2v) is 8.40. The van der Waals surface area contributed by atoms with Crippen LogP contribution in [0.5, 0.6) is 5.75 Å². The molecule has 4 rings (SSSR count). The zero-order valence-electron chi connectivity index (χ0n) is 20.0. The number of carbonyl (C=O) groups excluding carboxylic acids is 1. The van der Waals surface area contributed by atoms with Crippen LogP contribution < -0.4 is 16.0 Å². The zero-order valence-corrected chi connectivity index (χ0v) is 20.0. The highest BCUT2D eigenvalue weighted by atomic mass is 16.3. The summed E-state index contributed by atoms with van der Waals surface area (Å²) < 4.78 is 2.06. The van der Waals surface area contributed by atoms with Crippen LogP contribution in [-0.2, 0) is 11.8 Å². The van der Waals surface area contributed by atoms with Crippen LogP contribution in [0.3, 0.4) is 0 Å². The molecule has 0 aliphatic rings. The van der Waals surface area contributed by atoms with Gasteiger partial charge in [-0.05, 0) is 38.4 Å². The Kier molecular flexibility index (Phi) is 6.98. The van der Waals surface area contributed by atoms with Crippen molar-refractivity contribution in [3.05, 3.63) is 67.5 Å². The number of phenolic OH excluding ortho intramolecular Hbond substituents is 1. The monoisotopic (exact) mass is 471 g/mol. The number of amides is 1. The van der Waals surface area contributed by atoms with Gasteiger partial charge in [-0.1, -0.05) is 24.8 Å². The summed E-state index contributed by atoms with van der Waals surface area (Å²) in [6, 6.07) is 13.2. The molecule has 0 atom stereocenters. The molecule has 0 saturated carbocycles. The highest BCUT2D eigenvalue weighted by Crippen LogP contribution is 2.36. The average molecular weight is 472 g/mol. The van der Waals surface area contributed by atoms with Gasteiger partial charge in [0.2, 0.25) is 11.9 Å². The van der Waals surface area contributed by atoms with Crippen LogP contribution in [-0.4, -0.2) is 57.6 Å². The van der Waals surface area contributed by atoms with Crippen LogP contribution in [0.2, 0.25) is 0 Å². The summed E-state index contributed by atoms with van der Waals surface area (Å²) in [5.74, 6) is -0.0420. The van der Waals surface area contributed by atoms with Crippen molar-refractivity contribution in [2.75, 3.05) is 43.1 Å². The fraction of sp³-hybridized carbons (Fsp3) is 0.192. The number of aromatic hydroxyl groups is 1. The highest BCUT2D eigenvalue weighted by Gasteiger charge is 2.14. The Balaban J connectivity index is 1.65. The van der Waals surface area contributed by atoms with E-state index in [4.69, 9.17) is 0 Å². The predicted octanol–water partition coefficient (Wildman–Crippen LogP) is 4.18. The quantitative estimate of drug-likeness (QED) is 0.165. The Morgan fingerprint density at radius 3 is 2.74 bits per heavy atom. The minimum atomic E-state index is -0.355. The van der Waals surface area contributed by atoms with Gasteiger partial charge < -0.3 is 30.5 Å². The summed E-state index contributed by atoms with van der Waals surface area (Å²) in [4.78, 5) is 23.0. The van der Waals surface area contributed by atoms with Gasteiger partial charge >= 0.3 is 0 Å². The normalized spacial score (nSPS) is 11.0. The second-order valence-electron chi connectivity index (χ2n) is 8.40. The van der Waals surface area contributed by atoms with E-state index in [-0.39, 0.29) is 11.7 Å². The lowest BCUT2D eigenvalue weighted by Crippen LogP contribution is -2.21. The first-order chi connectivity index (χ1) is 16.9. The number of aryl methyl sites for hydroxylation is 1. The molecule has 4 N–H and O–H groups in total. The van der Waals surface area contributed by atoms with Gasteiger partial charge in [0.15, 0.2) is 0 Å². The Labute approximate surface area is 204 Å². The average Bonchev–Trinajstić information content (AvgIpc) is 3.18. The van der Waals surface area contributed by atoms with Crippen molar-refractivity contribution in [2.24, 2.45) is 7.05 Å². The molecule has 0 radical (unpaired) electrons. The van der Waals surface area contributed by atoms with Crippen LogP contribution in [0.15, 0.2) is 67.5 Å². The van der Waals surface area contributed by atoms with Gasteiger partial charge in [-0.25, -0.2) is 9.97 Å². The first-order valence-corrected chi connectivity index (χ1v) is 11.2. The number of likely N-dealkylation sites (N-methyl/N-ethyl adjacent to an activating group) is 1. The topological polar surface area (TPSA) is 107 Å². The lowest BCUT2D eigenvalue weighted by molar-refractivity contribution is -0.111. The predicted molar refractivity (Wildman–Crippen MR) is 141 cm³/mol. The molecule has 4 aromatic rings. The van der Waals surface area contributed by atoms with E-state index >= 15 is 0 Å². The molecule has 1 amide bonds. The van der Waals surface area contributed by atoms with E-state index in [1.165, 1.54) is 6.08 Å². The molecule has 2 aromatic heterocycles. The van der Waals surface area contributed by atoms with Crippen LogP contribution in [0, 0.1) is 0 Å². The molecule has 35 heavy (non-hydrogen) atoms. The SMILES string of the molecule is C=CC(=O)Nc1cc(Nc2nccc(-c3cn(C)c4ccccc34)n2)c(O)cc1NCCN(C)C. The van der Waals surface area contributed by atoms with Crippen molar-refractivity contribution in [3.8, 4) is 17.0 Å². The van der Waals surface area contributed by atoms with E-state index in [1.807, 2.05) is 50.4 Å². The van der Waals surface area contributed by atoms with Gasteiger partial charge in [-0.15, -0.1) is 0 Å². The maximum Gasteiger partial charge on any atom is 0.247 e. The first-order valence-electron chi connectivity index (χ1n) is 11.2. The van der Waals surface area contributed by atoms with Crippen LogP contribution in [0.25, 0.3) is 22.2 Å². The molecule has 0 spiro atoms. The van der Waals surface area contributed by atoms with Crippen molar-refractivity contribution in [1.29, 1.82) is 0 Å². The van der Waals surface area contributed by atoms with E-state index < -0.39 is 0 Å². The first kappa shape index (κ1) is 23.8. The standard InChI is InChI=1S/C26H29N7O2/c1-5-25(35)29-21-14-22(24(34)15-20(21)27-12-13-32(2)3)31-26-28-11-10-19(30-26)18-16-33(4)23-9-7-6-8-17(18)23/h5-11,14-16,27,34H,1,12-13H2,2-4H3,(H,29,35)(H,28,30,31). The number of aromatic nitrogens is 3. The van der Waals surface area contributed by atoms with Gasteiger partial charge in [0, 0.05) is 55.1 Å². The number of hydrogen-bond acceptors (Lipinski definition) is 7. The largest absolute Gasteiger partial charge is 0.506 e. The summed E-state index contributed by atoms with van der Waals surface area (Å²) in [5.41, 5.74) is 4.29. The molecule has 9 nitrogen and oxygen atoms in total. The lowest BCUT2D eigenvalue weighted by Gasteiger charge is -2.17. The fourth-order valence-electron chi connectivity index (χ4n) is 3.77. The molecule has 0 aliphatic heterocycles. The highest BCUT2D eigenvalue weighted by molar-refractivity contribution is 6.02. The molecular weight excluding hydrogens is 442 g/mol. The van der Waals surface area contributed by atoms with E-state index in [1.54, 1.807) is 18.3 Å². The van der Waals surface area contributed by atoms with E-state index in [0.29, 0.717) is 29.6 Å². The number of fused-ring (bicyclic) bond motifs is 1. The third-order valence-corrected chi connectivity index (χ3v) is 5.53. The fourth-order valence-corrected chi connectivity index (χ4v) is 3.77. The third-order valence-electron chi connectivity index (χ3n) is 5.53. The molecule has 2 heterocycles. The molecule has 180 valence electrons. The maximum atomic E-state index is 12.0. The lowest BCUT2D eigenvalue weighted by atomic mass is 10.1. The zero-order chi connectivity index (χ0) is 24.9. The molecule has 2 aromatic carbocycles. The summed E-state index contributed by atoms with van der Waals surface area (Å²) in [6.07, 6.45) is 4.90. The molecular formula is C26H29N7O2. The number of rotatable bonds is 9. The third kappa shape index (κ3) is 5.42. The van der Waals surface area contributed by atoms with Crippen molar-refractivity contribution in [2.45, 2.75) is 0 Å². The number of anilines is 4. The van der Waals surface area contributed by atoms with Crippen molar-refractivity contribution in [1.82, 2.24) is 19.4 Å². The Bertz CT molecular complexity index is 1380. The summed E-state index contributed by atoms with van der Waals surface area (Å²) in [5, 5.41) is 20.9. The smallest absolute Gasteiger partial charge is 0.247 e. The van der Waals surface area contributed by atoms with E-state index in [2.05, 4.69) is 49.2 Å². The molecule has 9 heteroatoms. The summed E-state index contributed by atoms with van der Waals surface area (Å²) in [7, 11) is 5.94. The Hall–Kier alpha value is -4.37. The molecule has 0 bridgehead atoms. The number of nitrogens with one attached hydrogen (secondary N) is 3. The van der Waals surface area contributed by atoms with Crippen molar-refractivity contribution < 1.29 is 9.90 Å². The number of phenols is 1. The van der Waals surface area contributed by atoms with Gasteiger partial charge in [-0.3, -0.25) is 4.79 Å². The number of hydrogen-bond donors (Lipinski definition) is 4. The minimum Gasteiger partial charge on any atom is -0.506 e. The minimum absolute atomic E-state index is 0.00637. The summed E-state index contributed by atoms with van der Waals surface area (Å²) >= 11 is 0.